The number of hydrogen-bond donors (Lipinski definition) is 1. The van der Waals surface area contributed by atoms with Gasteiger partial charge in [-0.1, -0.05) is 6.07 Å². The van der Waals surface area contributed by atoms with Crippen LogP contribution in [0.5, 0.6) is 0 Å². The predicted molar refractivity (Wildman–Crippen MR) is 95.7 cm³/mol. The predicted octanol–water partition coefficient (Wildman–Crippen LogP) is 1.82. The molecule has 0 aliphatic carbocycles. The molecule has 1 unspecified atom stereocenters. The SMILES string of the molecule is CN(C)C(=O)N1CCC2(CCN(Cc3ccccn3)C2=O)C1.O=C(O)C(F)(F)F. The Balaban J connectivity index is 0.000000370. The molecule has 0 aromatic carbocycles. The number of carboxylic acids is 1. The third-order valence-electron chi connectivity index (χ3n) is 4.93. The van der Waals surface area contributed by atoms with E-state index in [-0.39, 0.29) is 17.4 Å². The number of urea groups is 1. The lowest BCUT2D eigenvalue weighted by molar-refractivity contribution is -0.192. The molecule has 3 amide bonds. The van der Waals surface area contributed by atoms with Crippen LogP contribution in [0, 0.1) is 5.41 Å². The summed E-state index contributed by atoms with van der Waals surface area (Å²) in [6.07, 6.45) is -1.74. The van der Waals surface area contributed by atoms with E-state index in [0.29, 0.717) is 19.6 Å². The lowest BCUT2D eigenvalue weighted by Gasteiger charge is -2.25. The van der Waals surface area contributed by atoms with Crippen molar-refractivity contribution in [3.05, 3.63) is 30.1 Å². The number of pyridine rings is 1. The first-order valence-corrected chi connectivity index (χ1v) is 8.92. The number of amides is 3. The Morgan fingerprint density at radius 2 is 1.86 bits per heavy atom. The first kappa shape index (κ1) is 22.4. The Morgan fingerprint density at radius 3 is 2.38 bits per heavy atom. The zero-order chi connectivity index (χ0) is 21.8. The summed E-state index contributed by atoms with van der Waals surface area (Å²) in [5.41, 5.74) is 0.535. The number of hydrogen-bond acceptors (Lipinski definition) is 4. The summed E-state index contributed by atoms with van der Waals surface area (Å²) in [5, 5.41) is 7.12. The summed E-state index contributed by atoms with van der Waals surface area (Å²) in [6, 6.07) is 5.74. The number of rotatable bonds is 2. The van der Waals surface area contributed by atoms with Gasteiger partial charge in [-0.2, -0.15) is 13.2 Å². The minimum Gasteiger partial charge on any atom is -0.475 e. The maximum absolute atomic E-state index is 12.8. The molecule has 2 aliphatic heterocycles. The number of nitrogens with zero attached hydrogens (tertiary/aromatic N) is 4. The van der Waals surface area contributed by atoms with Crippen LogP contribution in [0.25, 0.3) is 0 Å². The summed E-state index contributed by atoms with van der Waals surface area (Å²) >= 11 is 0. The number of aliphatic carboxylic acids is 1. The van der Waals surface area contributed by atoms with Gasteiger partial charge in [0, 0.05) is 39.9 Å². The van der Waals surface area contributed by atoms with Crippen molar-refractivity contribution in [3.8, 4) is 0 Å². The van der Waals surface area contributed by atoms with Crippen LogP contribution in [0.2, 0.25) is 0 Å². The molecule has 11 heteroatoms. The maximum atomic E-state index is 12.8. The van der Waals surface area contributed by atoms with Gasteiger partial charge in [0.2, 0.25) is 5.91 Å². The molecule has 1 atom stereocenters. The number of likely N-dealkylation sites (tertiary alicyclic amines) is 2. The van der Waals surface area contributed by atoms with Crippen LogP contribution in [0.1, 0.15) is 18.5 Å². The van der Waals surface area contributed by atoms with Gasteiger partial charge in [-0.3, -0.25) is 9.78 Å². The molecule has 160 valence electrons. The fraction of sp³-hybridized carbons (Fsp3) is 0.556. The summed E-state index contributed by atoms with van der Waals surface area (Å²) < 4.78 is 31.7. The van der Waals surface area contributed by atoms with E-state index in [1.165, 1.54) is 0 Å². The Labute approximate surface area is 165 Å². The molecule has 8 nitrogen and oxygen atoms in total. The highest BCUT2D eigenvalue weighted by atomic mass is 19.4. The molecule has 0 bridgehead atoms. The van der Waals surface area contributed by atoms with Gasteiger partial charge in [-0.25, -0.2) is 9.59 Å². The van der Waals surface area contributed by atoms with E-state index in [0.717, 1.165) is 25.1 Å². The molecule has 1 N–H and O–H groups in total. The summed E-state index contributed by atoms with van der Waals surface area (Å²) in [7, 11) is 3.49. The van der Waals surface area contributed by atoms with Crippen LogP contribution in [0.15, 0.2) is 24.4 Å². The Hall–Kier alpha value is -2.85. The van der Waals surface area contributed by atoms with Crippen molar-refractivity contribution >= 4 is 17.9 Å². The Bertz CT molecular complexity index is 757. The van der Waals surface area contributed by atoms with E-state index in [9.17, 15) is 22.8 Å². The third kappa shape index (κ3) is 5.36. The van der Waals surface area contributed by atoms with Gasteiger partial charge < -0.3 is 19.8 Å². The molecule has 29 heavy (non-hydrogen) atoms. The zero-order valence-corrected chi connectivity index (χ0v) is 16.1. The van der Waals surface area contributed by atoms with Crippen molar-refractivity contribution in [2.24, 2.45) is 5.41 Å². The summed E-state index contributed by atoms with van der Waals surface area (Å²) in [4.78, 5) is 43.3. The van der Waals surface area contributed by atoms with Crippen LogP contribution in [-0.2, 0) is 16.1 Å². The molecule has 2 aliphatic rings. The highest BCUT2D eigenvalue weighted by Crippen LogP contribution is 2.41. The zero-order valence-electron chi connectivity index (χ0n) is 16.1. The normalized spacial score (nSPS) is 21.2. The van der Waals surface area contributed by atoms with Gasteiger partial charge in [0.15, 0.2) is 0 Å². The van der Waals surface area contributed by atoms with Crippen LogP contribution in [-0.4, -0.2) is 82.6 Å². The Kier molecular flexibility index (Phi) is 6.70. The second-order valence-electron chi connectivity index (χ2n) is 7.23. The molecular weight excluding hydrogens is 393 g/mol. The minimum atomic E-state index is -5.08. The van der Waals surface area contributed by atoms with Crippen molar-refractivity contribution in [1.82, 2.24) is 19.7 Å². The number of halogens is 3. The van der Waals surface area contributed by atoms with E-state index < -0.39 is 12.1 Å². The van der Waals surface area contributed by atoms with E-state index in [1.807, 2.05) is 23.1 Å². The highest BCUT2D eigenvalue weighted by Gasteiger charge is 2.51. The smallest absolute Gasteiger partial charge is 0.475 e. The molecule has 3 heterocycles. The average Bonchev–Trinajstić information content (AvgIpc) is 3.21. The molecule has 2 fully saturated rings. The van der Waals surface area contributed by atoms with Crippen LogP contribution in [0.3, 0.4) is 0 Å². The second kappa shape index (κ2) is 8.66. The van der Waals surface area contributed by atoms with Crippen molar-refractivity contribution in [2.75, 3.05) is 33.7 Å². The van der Waals surface area contributed by atoms with E-state index in [4.69, 9.17) is 9.90 Å². The molecule has 0 radical (unpaired) electrons. The molecule has 1 aromatic heterocycles. The van der Waals surface area contributed by atoms with Crippen LogP contribution >= 0.6 is 0 Å². The lowest BCUT2D eigenvalue weighted by atomic mass is 9.85. The largest absolute Gasteiger partial charge is 0.490 e. The standard InChI is InChI=1S/C16H22N4O2.C2HF3O2/c1-18(2)15(22)20-10-7-16(12-20)6-9-19(14(16)21)11-13-5-3-4-8-17-13;3-2(4,5)1(6)7/h3-5,8H,6-7,9-12H2,1-2H3;(H,6,7). The van der Waals surface area contributed by atoms with Crippen molar-refractivity contribution in [2.45, 2.75) is 25.6 Å². The molecular formula is C18H23F3N4O4. The van der Waals surface area contributed by atoms with Crippen LogP contribution in [0.4, 0.5) is 18.0 Å². The monoisotopic (exact) mass is 416 g/mol. The van der Waals surface area contributed by atoms with Gasteiger partial charge in [-0.15, -0.1) is 0 Å². The number of carbonyl (C=O) groups is 3. The maximum Gasteiger partial charge on any atom is 0.490 e. The fourth-order valence-electron chi connectivity index (χ4n) is 3.43. The van der Waals surface area contributed by atoms with Crippen molar-refractivity contribution < 1.29 is 32.7 Å². The topological polar surface area (TPSA) is 94.1 Å². The van der Waals surface area contributed by atoms with Gasteiger partial charge in [0.25, 0.3) is 0 Å². The lowest BCUT2D eigenvalue weighted by Crippen LogP contribution is -2.41. The number of aromatic nitrogens is 1. The number of carboxylic acid groups (broad SMARTS) is 1. The first-order chi connectivity index (χ1) is 13.5. The molecule has 1 spiro atoms. The summed E-state index contributed by atoms with van der Waals surface area (Å²) in [6.45, 7) is 2.52. The van der Waals surface area contributed by atoms with Gasteiger partial charge in [0.05, 0.1) is 17.7 Å². The quantitative estimate of drug-likeness (QED) is 0.794. The summed E-state index contributed by atoms with van der Waals surface area (Å²) in [5.74, 6) is -2.58. The first-order valence-electron chi connectivity index (χ1n) is 8.92. The van der Waals surface area contributed by atoms with Crippen molar-refractivity contribution in [1.29, 1.82) is 0 Å². The average molecular weight is 416 g/mol. The second-order valence-corrected chi connectivity index (χ2v) is 7.23. The third-order valence-corrected chi connectivity index (χ3v) is 4.93. The van der Waals surface area contributed by atoms with Crippen molar-refractivity contribution in [3.63, 3.8) is 0 Å². The van der Waals surface area contributed by atoms with Gasteiger partial charge >= 0.3 is 18.2 Å². The number of alkyl halides is 3. The molecule has 2 saturated heterocycles. The highest BCUT2D eigenvalue weighted by molar-refractivity contribution is 5.87. The van der Waals surface area contributed by atoms with E-state index >= 15 is 0 Å². The molecule has 0 saturated carbocycles. The van der Waals surface area contributed by atoms with Gasteiger partial charge in [0.1, 0.15) is 0 Å². The fourth-order valence-corrected chi connectivity index (χ4v) is 3.43. The Morgan fingerprint density at radius 1 is 1.24 bits per heavy atom. The molecule has 1 aromatic rings. The van der Waals surface area contributed by atoms with E-state index in [1.54, 1.807) is 30.1 Å². The van der Waals surface area contributed by atoms with Crippen LogP contribution < -0.4 is 0 Å². The molecule has 3 rings (SSSR count). The van der Waals surface area contributed by atoms with Gasteiger partial charge in [-0.05, 0) is 25.0 Å². The van der Waals surface area contributed by atoms with E-state index in [2.05, 4.69) is 4.98 Å². The minimum absolute atomic E-state index is 0.00662. The number of carbonyl (C=O) groups excluding carboxylic acids is 2.